The van der Waals surface area contributed by atoms with Gasteiger partial charge in [-0.3, -0.25) is 0 Å². The van der Waals surface area contributed by atoms with Crippen LogP contribution in [0.4, 0.5) is 0 Å². The summed E-state index contributed by atoms with van der Waals surface area (Å²) in [5, 5.41) is 0. The third-order valence-corrected chi connectivity index (χ3v) is 4.16. The van der Waals surface area contributed by atoms with Gasteiger partial charge in [-0.05, 0) is 56.9 Å². The van der Waals surface area contributed by atoms with E-state index in [9.17, 15) is 0 Å². The van der Waals surface area contributed by atoms with Gasteiger partial charge in [0.2, 0.25) is 0 Å². The SMILES string of the molecule is CC(C)CC(CN(C)C)n1c(=S)[nH]c2cc(Br)ccc21. The van der Waals surface area contributed by atoms with Gasteiger partial charge in [-0.15, -0.1) is 0 Å². The van der Waals surface area contributed by atoms with E-state index in [4.69, 9.17) is 12.2 Å². The minimum atomic E-state index is 0.396. The van der Waals surface area contributed by atoms with Gasteiger partial charge >= 0.3 is 0 Å². The van der Waals surface area contributed by atoms with E-state index in [2.05, 4.69) is 76.5 Å². The molecule has 0 radical (unpaired) electrons. The van der Waals surface area contributed by atoms with Crippen molar-refractivity contribution in [3.63, 3.8) is 0 Å². The van der Waals surface area contributed by atoms with E-state index in [0.717, 1.165) is 27.7 Å². The number of benzene rings is 1. The molecule has 2 aromatic rings. The van der Waals surface area contributed by atoms with Crippen LogP contribution in [0.3, 0.4) is 0 Å². The Bertz CT molecular complexity index is 632. The van der Waals surface area contributed by atoms with Gasteiger partial charge in [-0.1, -0.05) is 29.8 Å². The van der Waals surface area contributed by atoms with Gasteiger partial charge < -0.3 is 14.5 Å². The normalized spacial score (nSPS) is 13.6. The van der Waals surface area contributed by atoms with Crippen molar-refractivity contribution in [2.45, 2.75) is 26.3 Å². The lowest BCUT2D eigenvalue weighted by atomic mass is 10.0. The van der Waals surface area contributed by atoms with Crippen LogP contribution < -0.4 is 0 Å². The molecule has 1 atom stereocenters. The van der Waals surface area contributed by atoms with E-state index in [1.165, 1.54) is 5.52 Å². The lowest BCUT2D eigenvalue weighted by Gasteiger charge is -2.25. The van der Waals surface area contributed by atoms with Gasteiger partial charge in [0.1, 0.15) is 0 Å². The summed E-state index contributed by atoms with van der Waals surface area (Å²) in [6.45, 7) is 5.52. The highest BCUT2D eigenvalue weighted by Gasteiger charge is 2.18. The summed E-state index contributed by atoms with van der Waals surface area (Å²) in [5.41, 5.74) is 2.28. The maximum Gasteiger partial charge on any atom is 0.178 e. The molecule has 0 saturated carbocycles. The molecule has 20 heavy (non-hydrogen) atoms. The number of aromatic amines is 1. The lowest BCUT2D eigenvalue weighted by molar-refractivity contribution is 0.291. The van der Waals surface area contributed by atoms with E-state index in [1.54, 1.807) is 0 Å². The number of hydrogen-bond donors (Lipinski definition) is 1. The summed E-state index contributed by atoms with van der Waals surface area (Å²) >= 11 is 9.06. The van der Waals surface area contributed by atoms with Gasteiger partial charge in [-0.2, -0.15) is 0 Å². The van der Waals surface area contributed by atoms with Crippen molar-refractivity contribution in [1.29, 1.82) is 0 Å². The van der Waals surface area contributed by atoms with Crippen LogP contribution in [0.25, 0.3) is 11.0 Å². The number of aromatic nitrogens is 2. The standard InChI is InChI=1S/C15H22BrN3S/c1-10(2)7-12(9-18(3)4)19-14-6-5-11(16)8-13(14)17-15(19)20/h5-6,8,10,12H,7,9H2,1-4H3,(H,17,20). The van der Waals surface area contributed by atoms with Crippen LogP contribution >= 0.6 is 28.1 Å². The fourth-order valence-electron chi connectivity index (χ4n) is 2.69. The number of likely N-dealkylation sites (N-methyl/N-ethyl adjacent to an activating group) is 1. The van der Waals surface area contributed by atoms with Crippen molar-refractivity contribution in [1.82, 2.24) is 14.5 Å². The fourth-order valence-corrected chi connectivity index (χ4v) is 3.41. The Labute approximate surface area is 134 Å². The molecule has 1 unspecified atom stereocenters. The monoisotopic (exact) mass is 355 g/mol. The van der Waals surface area contributed by atoms with Gasteiger partial charge in [0, 0.05) is 17.1 Å². The smallest absolute Gasteiger partial charge is 0.178 e. The number of rotatable bonds is 5. The van der Waals surface area contributed by atoms with E-state index in [1.807, 2.05) is 0 Å². The first-order valence-corrected chi connectivity index (χ1v) is 8.13. The highest BCUT2D eigenvalue weighted by Crippen LogP contribution is 2.26. The highest BCUT2D eigenvalue weighted by molar-refractivity contribution is 9.10. The van der Waals surface area contributed by atoms with Crippen molar-refractivity contribution in [3.05, 3.63) is 27.4 Å². The second-order valence-electron chi connectivity index (χ2n) is 6.01. The molecule has 0 aliphatic carbocycles. The quantitative estimate of drug-likeness (QED) is 0.791. The molecule has 1 heterocycles. The third kappa shape index (κ3) is 3.51. The van der Waals surface area contributed by atoms with Crippen molar-refractivity contribution in [2.24, 2.45) is 5.92 Å². The Morgan fingerprint density at radius 2 is 2.05 bits per heavy atom. The molecule has 0 saturated heterocycles. The molecule has 0 spiro atoms. The molecule has 0 bridgehead atoms. The molecule has 1 aromatic carbocycles. The molecule has 110 valence electrons. The average molecular weight is 356 g/mol. The summed E-state index contributed by atoms with van der Waals surface area (Å²) in [6.07, 6.45) is 1.12. The van der Waals surface area contributed by atoms with E-state index in [0.29, 0.717) is 12.0 Å². The van der Waals surface area contributed by atoms with E-state index >= 15 is 0 Å². The predicted octanol–water partition coefficient (Wildman–Crippen LogP) is 4.61. The minimum absolute atomic E-state index is 0.396. The maximum absolute atomic E-state index is 5.55. The Morgan fingerprint density at radius 1 is 1.35 bits per heavy atom. The molecule has 1 aromatic heterocycles. The van der Waals surface area contributed by atoms with Crippen LogP contribution in [0, 0.1) is 10.7 Å². The van der Waals surface area contributed by atoms with Crippen LogP contribution in [0.5, 0.6) is 0 Å². The molecule has 5 heteroatoms. The number of nitrogens with one attached hydrogen (secondary N) is 1. The van der Waals surface area contributed by atoms with Crippen molar-refractivity contribution in [2.75, 3.05) is 20.6 Å². The first-order chi connectivity index (χ1) is 9.38. The van der Waals surface area contributed by atoms with Crippen LogP contribution in [0.15, 0.2) is 22.7 Å². The first kappa shape index (κ1) is 15.7. The molecule has 0 aliphatic rings. The number of hydrogen-bond acceptors (Lipinski definition) is 2. The number of fused-ring (bicyclic) bond motifs is 1. The van der Waals surface area contributed by atoms with Crippen molar-refractivity contribution < 1.29 is 0 Å². The Morgan fingerprint density at radius 3 is 2.65 bits per heavy atom. The van der Waals surface area contributed by atoms with E-state index in [-0.39, 0.29) is 0 Å². The highest BCUT2D eigenvalue weighted by atomic mass is 79.9. The molecule has 0 fully saturated rings. The van der Waals surface area contributed by atoms with Crippen molar-refractivity contribution >= 4 is 39.2 Å². The zero-order valence-corrected chi connectivity index (χ0v) is 14.9. The largest absolute Gasteiger partial charge is 0.331 e. The first-order valence-electron chi connectivity index (χ1n) is 6.93. The van der Waals surface area contributed by atoms with Gasteiger partial charge in [0.05, 0.1) is 11.0 Å². The third-order valence-electron chi connectivity index (χ3n) is 3.36. The zero-order chi connectivity index (χ0) is 14.9. The second kappa shape index (κ2) is 6.41. The van der Waals surface area contributed by atoms with Crippen LogP contribution in [0.2, 0.25) is 0 Å². The van der Waals surface area contributed by atoms with Gasteiger partial charge in [0.25, 0.3) is 0 Å². The molecular formula is C15H22BrN3S. The summed E-state index contributed by atoms with van der Waals surface area (Å²) in [7, 11) is 4.23. The summed E-state index contributed by atoms with van der Waals surface area (Å²) < 4.78 is 4.16. The van der Waals surface area contributed by atoms with E-state index < -0.39 is 0 Å². The molecule has 0 amide bonds. The Kier molecular flexibility index (Phi) is 5.04. The number of H-pyrrole nitrogens is 1. The summed E-state index contributed by atoms with van der Waals surface area (Å²) in [6, 6.07) is 6.69. The zero-order valence-electron chi connectivity index (χ0n) is 12.5. The number of nitrogens with zero attached hydrogens (tertiary/aromatic N) is 2. The lowest BCUT2D eigenvalue weighted by Crippen LogP contribution is -2.25. The Balaban J connectivity index is 2.51. The van der Waals surface area contributed by atoms with Gasteiger partial charge in [0.15, 0.2) is 4.77 Å². The van der Waals surface area contributed by atoms with Crippen LogP contribution in [0.1, 0.15) is 26.3 Å². The molecule has 2 rings (SSSR count). The molecule has 3 nitrogen and oxygen atoms in total. The molecular weight excluding hydrogens is 334 g/mol. The average Bonchev–Trinajstić information content (AvgIpc) is 2.61. The molecule has 0 aliphatic heterocycles. The number of halogens is 1. The van der Waals surface area contributed by atoms with Crippen molar-refractivity contribution in [3.8, 4) is 0 Å². The van der Waals surface area contributed by atoms with Crippen LogP contribution in [-0.2, 0) is 0 Å². The second-order valence-corrected chi connectivity index (χ2v) is 7.31. The minimum Gasteiger partial charge on any atom is -0.331 e. The van der Waals surface area contributed by atoms with Crippen LogP contribution in [-0.4, -0.2) is 35.1 Å². The molecule has 1 N–H and O–H groups in total. The van der Waals surface area contributed by atoms with Gasteiger partial charge in [-0.25, -0.2) is 0 Å². The topological polar surface area (TPSA) is 24.0 Å². The summed E-state index contributed by atoms with van der Waals surface area (Å²) in [4.78, 5) is 5.55. The number of imidazole rings is 1. The fraction of sp³-hybridized carbons (Fsp3) is 0.533. The summed E-state index contributed by atoms with van der Waals surface area (Å²) in [5.74, 6) is 0.641. The predicted molar refractivity (Wildman–Crippen MR) is 91.9 cm³/mol. The maximum atomic E-state index is 5.55. The Hall–Kier alpha value is -0.650.